The molecule has 0 saturated heterocycles. The number of carboxylic acid groups (broad SMARTS) is 1. The number of nitrogens with zero attached hydrogens (tertiary/aromatic N) is 4. The highest BCUT2D eigenvalue weighted by molar-refractivity contribution is 5.99. The van der Waals surface area contributed by atoms with Gasteiger partial charge in [-0.2, -0.15) is 5.10 Å². The Kier molecular flexibility index (Phi) is 3.22. The van der Waals surface area contributed by atoms with Gasteiger partial charge in [-0.15, -0.1) is 0 Å². The third-order valence-electron chi connectivity index (χ3n) is 2.52. The van der Waals surface area contributed by atoms with E-state index in [0.29, 0.717) is 11.2 Å². The zero-order valence-corrected chi connectivity index (χ0v) is 9.78. The molecule has 0 atom stereocenters. The highest BCUT2D eigenvalue weighted by atomic mass is 16.4. The number of rotatable bonds is 4. The van der Waals surface area contributed by atoms with E-state index in [0.717, 1.165) is 0 Å². The first-order chi connectivity index (χ1) is 8.59. The molecule has 94 valence electrons. The molecule has 0 aliphatic carbocycles. The maximum Gasteiger partial charge on any atom is 0.305 e. The van der Waals surface area contributed by atoms with Gasteiger partial charge in [-0.05, 0) is 6.07 Å². The Bertz CT molecular complexity index is 593. The smallest absolute Gasteiger partial charge is 0.305 e. The molecule has 0 radical (unpaired) electrons. The van der Waals surface area contributed by atoms with Gasteiger partial charge in [0.1, 0.15) is 5.56 Å². The van der Waals surface area contributed by atoms with Crippen molar-refractivity contribution in [2.45, 2.75) is 6.42 Å². The van der Waals surface area contributed by atoms with E-state index in [2.05, 4.69) is 10.1 Å². The van der Waals surface area contributed by atoms with Crippen LogP contribution in [0.1, 0.15) is 16.8 Å². The monoisotopic (exact) mass is 248 g/mol. The third-order valence-corrected chi connectivity index (χ3v) is 2.52. The molecule has 7 heteroatoms. The van der Waals surface area contributed by atoms with E-state index in [-0.39, 0.29) is 18.9 Å². The number of fused-ring (bicyclic) bond motifs is 1. The van der Waals surface area contributed by atoms with Crippen molar-refractivity contribution in [3.63, 3.8) is 0 Å². The number of aromatic nitrogens is 3. The van der Waals surface area contributed by atoms with Gasteiger partial charge in [0, 0.05) is 26.0 Å². The summed E-state index contributed by atoms with van der Waals surface area (Å²) in [4.78, 5) is 28.0. The summed E-state index contributed by atoms with van der Waals surface area (Å²) in [6, 6.07) is 1.71. The van der Waals surface area contributed by atoms with Crippen LogP contribution in [-0.2, 0) is 4.79 Å². The fourth-order valence-corrected chi connectivity index (χ4v) is 1.55. The van der Waals surface area contributed by atoms with Crippen LogP contribution in [0.2, 0.25) is 0 Å². The van der Waals surface area contributed by atoms with Crippen molar-refractivity contribution in [1.82, 2.24) is 19.5 Å². The Morgan fingerprint density at radius 1 is 1.50 bits per heavy atom. The molecule has 2 aromatic heterocycles. The van der Waals surface area contributed by atoms with E-state index < -0.39 is 5.97 Å². The Morgan fingerprint density at radius 3 is 3.00 bits per heavy atom. The average Bonchev–Trinajstić information content (AvgIpc) is 2.78. The van der Waals surface area contributed by atoms with Crippen LogP contribution in [-0.4, -0.2) is 50.1 Å². The van der Waals surface area contributed by atoms with Crippen LogP contribution in [0.4, 0.5) is 0 Å². The Balaban J connectivity index is 2.20. The Hall–Kier alpha value is -2.44. The molecule has 0 saturated carbocycles. The summed E-state index contributed by atoms with van der Waals surface area (Å²) >= 11 is 0. The van der Waals surface area contributed by atoms with Crippen molar-refractivity contribution in [1.29, 1.82) is 0 Å². The molecule has 0 unspecified atom stereocenters. The van der Waals surface area contributed by atoms with Crippen LogP contribution in [0, 0.1) is 0 Å². The quantitative estimate of drug-likeness (QED) is 0.839. The lowest BCUT2D eigenvalue weighted by Gasteiger charge is -2.14. The van der Waals surface area contributed by atoms with Crippen LogP contribution >= 0.6 is 0 Å². The van der Waals surface area contributed by atoms with E-state index in [9.17, 15) is 9.59 Å². The summed E-state index contributed by atoms with van der Waals surface area (Å²) in [6.07, 6.45) is 4.61. The van der Waals surface area contributed by atoms with Crippen LogP contribution in [0.25, 0.3) is 5.65 Å². The fourth-order valence-electron chi connectivity index (χ4n) is 1.55. The lowest BCUT2D eigenvalue weighted by molar-refractivity contribution is -0.137. The average molecular weight is 248 g/mol. The molecule has 2 rings (SSSR count). The maximum absolute atomic E-state index is 12.1. The first-order valence-corrected chi connectivity index (χ1v) is 5.35. The molecule has 1 amide bonds. The molecule has 2 heterocycles. The summed E-state index contributed by atoms with van der Waals surface area (Å²) < 4.78 is 1.50. The Morgan fingerprint density at radius 2 is 2.28 bits per heavy atom. The highest BCUT2D eigenvalue weighted by Crippen LogP contribution is 2.09. The minimum absolute atomic E-state index is 0.0884. The number of carbonyl (C=O) groups excluding carboxylic acids is 1. The van der Waals surface area contributed by atoms with Gasteiger partial charge < -0.3 is 10.0 Å². The first-order valence-electron chi connectivity index (χ1n) is 5.35. The molecule has 0 aliphatic heterocycles. The second kappa shape index (κ2) is 4.82. The first kappa shape index (κ1) is 12.0. The second-order valence-corrected chi connectivity index (χ2v) is 3.82. The molecule has 1 N–H and O–H groups in total. The largest absolute Gasteiger partial charge is 0.481 e. The van der Waals surface area contributed by atoms with Crippen LogP contribution in [0.3, 0.4) is 0 Å². The normalized spacial score (nSPS) is 10.5. The lowest BCUT2D eigenvalue weighted by atomic mass is 10.3. The van der Waals surface area contributed by atoms with Crippen LogP contribution < -0.4 is 0 Å². The van der Waals surface area contributed by atoms with E-state index in [1.54, 1.807) is 25.5 Å². The van der Waals surface area contributed by atoms with Gasteiger partial charge in [0.2, 0.25) is 0 Å². The predicted molar refractivity (Wildman–Crippen MR) is 62.2 cm³/mol. The van der Waals surface area contributed by atoms with Gasteiger partial charge in [0.05, 0.1) is 12.6 Å². The zero-order valence-electron chi connectivity index (χ0n) is 9.78. The standard InChI is InChI=1S/C11H12N4O3/c1-14(6-3-9(16)17)11(18)8-7-13-15-5-2-4-12-10(8)15/h2,4-5,7H,3,6H2,1H3,(H,16,17). The molecular weight excluding hydrogens is 236 g/mol. The fraction of sp³-hybridized carbons (Fsp3) is 0.273. The van der Waals surface area contributed by atoms with Crippen molar-refractivity contribution >= 4 is 17.5 Å². The molecule has 0 aliphatic rings. The van der Waals surface area contributed by atoms with Gasteiger partial charge in [-0.25, -0.2) is 9.50 Å². The van der Waals surface area contributed by atoms with Gasteiger partial charge >= 0.3 is 5.97 Å². The maximum atomic E-state index is 12.1. The van der Waals surface area contributed by atoms with Crippen molar-refractivity contribution in [3.05, 3.63) is 30.2 Å². The second-order valence-electron chi connectivity index (χ2n) is 3.82. The van der Waals surface area contributed by atoms with E-state index in [1.807, 2.05) is 0 Å². The molecule has 18 heavy (non-hydrogen) atoms. The van der Waals surface area contributed by atoms with Crippen molar-refractivity contribution < 1.29 is 14.7 Å². The minimum Gasteiger partial charge on any atom is -0.481 e. The number of carbonyl (C=O) groups is 2. The van der Waals surface area contributed by atoms with Gasteiger partial charge in [-0.3, -0.25) is 9.59 Å². The number of hydrogen-bond donors (Lipinski definition) is 1. The van der Waals surface area contributed by atoms with E-state index in [4.69, 9.17) is 5.11 Å². The van der Waals surface area contributed by atoms with Crippen molar-refractivity contribution in [2.75, 3.05) is 13.6 Å². The zero-order chi connectivity index (χ0) is 13.1. The topological polar surface area (TPSA) is 87.8 Å². The SMILES string of the molecule is CN(CCC(=O)O)C(=O)c1cnn2cccnc12. The van der Waals surface area contributed by atoms with E-state index in [1.165, 1.54) is 15.6 Å². The summed E-state index contributed by atoms with van der Waals surface area (Å²) in [6.45, 7) is 0.151. The van der Waals surface area contributed by atoms with Gasteiger partial charge in [-0.1, -0.05) is 0 Å². The summed E-state index contributed by atoms with van der Waals surface area (Å²) in [7, 11) is 1.55. The van der Waals surface area contributed by atoms with Crippen molar-refractivity contribution in [2.24, 2.45) is 0 Å². The molecule has 0 aromatic carbocycles. The summed E-state index contributed by atoms with van der Waals surface area (Å²) in [5.74, 6) is -1.22. The van der Waals surface area contributed by atoms with Gasteiger partial charge in [0.25, 0.3) is 5.91 Å². The Labute approximate surface area is 103 Å². The van der Waals surface area contributed by atoms with E-state index >= 15 is 0 Å². The predicted octanol–water partition coefficient (Wildman–Crippen LogP) is 0.276. The number of amides is 1. The molecule has 7 nitrogen and oxygen atoms in total. The molecule has 0 fully saturated rings. The number of hydrogen-bond acceptors (Lipinski definition) is 4. The molecule has 2 aromatic rings. The molecule has 0 spiro atoms. The van der Waals surface area contributed by atoms with Gasteiger partial charge in [0.15, 0.2) is 5.65 Å². The molecule has 0 bridgehead atoms. The number of carboxylic acids is 1. The lowest BCUT2D eigenvalue weighted by Crippen LogP contribution is -2.29. The highest BCUT2D eigenvalue weighted by Gasteiger charge is 2.17. The van der Waals surface area contributed by atoms with Crippen LogP contribution in [0.15, 0.2) is 24.7 Å². The van der Waals surface area contributed by atoms with Crippen molar-refractivity contribution in [3.8, 4) is 0 Å². The molecular formula is C11H12N4O3. The summed E-state index contributed by atoms with van der Waals surface area (Å²) in [5, 5.41) is 12.6. The van der Waals surface area contributed by atoms with Crippen LogP contribution in [0.5, 0.6) is 0 Å². The minimum atomic E-state index is -0.937. The third kappa shape index (κ3) is 2.29. The number of aliphatic carboxylic acids is 1. The summed E-state index contributed by atoms with van der Waals surface area (Å²) in [5.41, 5.74) is 0.827.